The molecule has 1 unspecified atom stereocenters. The number of amides is 2. The van der Waals surface area contributed by atoms with Gasteiger partial charge in [-0.3, -0.25) is 14.4 Å². The van der Waals surface area contributed by atoms with Gasteiger partial charge in [0, 0.05) is 12.8 Å². The molecule has 1 aromatic rings. The van der Waals surface area contributed by atoms with Crippen LogP contribution in [-0.2, 0) is 30.3 Å². The van der Waals surface area contributed by atoms with E-state index in [2.05, 4.69) is 22.3 Å². The van der Waals surface area contributed by atoms with Crippen molar-refractivity contribution < 1.29 is 28.7 Å². The fraction of sp³-hybridized carbons (Fsp3) is 0.630. The van der Waals surface area contributed by atoms with E-state index >= 15 is 0 Å². The molecule has 0 fully saturated rings. The van der Waals surface area contributed by atoms with Crippen molar-refractivity contribution >= 4 is 24.1 Å². The van der Waals surface area contributed by atoms with Gasteiger partial charge < -0.3 is 24.9 Å². The third kappa shape index (κ3) is 12.9. The van der Waals surface area contributed by atoms with Crippen LogP contribution in [-0.4, -0.2) is 49.9 Å². The molecule has 0 aliphatic heterocycles. The molecule has 1 rings (SSSR count). The van der Waals surface area contributed by atoms with Crippen LogP contribution in [0.5, 0.6) is 5.75 Å². The second-order valence-corrected chi connectivity index (χ2v) is 9.08. The molecule has 196 valence electrons. The van der Waals surface area contributed by atoms with E-state index in [0.29, 0.717) is 32.3 Å². The molecule has 2 amide bonds. The summed E-state index contributed by atoms with van der Waals surface area (Å²) >= 11 is 0. The van der Waals surface area contributed by atoms with Crippen LogP contribution in [0.15, 0.2) is 24.3 Å². The average molecular weight is 491 g/mol. The number of aldehydes is 1. The van der Waals surface area contributed by atoms with Gasteiger partial charge in [0.05, 0.1) is 19.8 Å². The molecular formula is C27H42N2O6. The maximum Gasteiger partial charge on any atom is 0.305 e. The first-order valence-corrected chi connectivity index (χ1v) is 12.6. The number of nitrogens with one attached hydrogen (secondary N) is 2. The molecular weight excluding hydrogens is 448 g/mol. The third-order valence-corrected chi connectivity index (χ3v) is 5.67. The minimum Gasteiger partial charge on any atom is -0.494 e. The molecule has 0 aromatic heterocycles. The fourth-order valence-electron chi connectivity index (χ4n) is 3.51. The molecule has 8 nitrogen and oxygen atoms in total. The zero-order valence-electron chi connectivity index (χ0n) is 21.6. The lowest BCUT2D eigenvalue weighted by Crippen LogP contribution is -2.52. The molecule has 0 aliphatic rings. The Morgan fingerprint density at radius 3 is 2.17 bits per heavy atom. The Bertz CT molecular complexity index is 778. The quantitative estimate of drug-likeness (QED) is 0.184. The Hall–Kier alpha value is -2.90. The summed E-state index contributed by atoms with van der Waals surface area (Å²) in [5, 5.41) is 5.56. The van der Waals surface area contributed by atoms with E-state index in [-0.39, 0.29) is 23.7 Å². The van der Waals surface area contributed by atoms with E-state index in [4.69, 9.17) is 4.74 Å². The average Bonchev–Trinajstić information content (AvgIpc) is 2.84. The molecule has 0 heterocycles. The molecule has 0 spiro atoms. The smallest absolute Gasteiger partial charge is 0.305 e. The fourth-order valence-corrected chi connectivity index (χ4v) is 3.51. The minimum atomic E-state index is -0.724. The number of rotatable bonds is 18. The number of esters is 1. The third-order valence-electron chi connectivity index (χ3n) is 5.67. The van der Waals surface area contributed by atoms with Gasteiger partial charge in [-0.05, 0) is 49.3 Å². The van der Waals surface area contributed by atoms with Gasteiger partial charge in [-0.25, -0.2) is 0 Å². The summed E-state index contributed by atoms with van der Waals surface area (Å²) in [6, 6.07) is 6.08. The van der Waals surface area contributed by atoms with Gasteiger partial charge in [-0.15, -0.1) is 0 Å². The second-order valence-electron chi connectivity index (χ2n) is 9.08. The molecule has 2 atom stereocenters. The number of ether oxygens (including phenoxy) is 2. The summed E-state index contributed by atoms with van der Waals surface area (Å²) < 4.78 is 10.3. The number of methoxy groups -OCH3 is 1. The first-order chi connectivity index (χ1) is 16.8. The second kappa shape index (κ2) is 17.5. The van der Waals surface area contributed by atoms with Crippen LogP contribution in [0, 0.1) is 5.92 Å². The van der Waals surface area contributed by atoms with Crippen LogP contribution in [0.4, 0.5) is 0 Å². The van der Waals surface area contributed by atoms with Crippen LogP contribution in [0.25, 0.3) is 0 Å². The molecule has 0 saturated carbocycles. The van der Waals surface area contributed by atoms with Crippen molar-refractivity contribution in [3.8, 4) is 5.75 Å². The minimum absolute atomic E-state index is 0.133. The summed E-state index contributed by atoms with van der Waals surface area (Å²) in [5.74, 6) is -0.155. The van der Waals surface area contributed by atoms with Gasteiger partial charge >= 0.3 is 5.97 Å². The van der Waals surface area contributed by atoms with Crippen LogP contribution >= 0.6 is 0 Å². The van der Waals surface area contributed by atoms with Crippen LogP contribution in [0.2, 0.25) is 0 Å². The molecule has 0 bridgehead atoms. The van der Waals surface area contributed by atoms with Gasteiger partial charge in [-0.1, -0.05) is 52.2 Å². The van der Waals surface area contributed by atoms with Gasteiger partial charge in [0.15, 0.2) is 0 Å². The van der Waals surface area contributed by atoms with Crippen LogP contribution in [0.1, 0.15) is 77.7 Å². The van der Waals surface area contributed by atoms with Crippen molar-refractivity contribution in [2.24, 2.45) is 5.92 Å². The number of hydrogen-bond donors (Lipinski definition) is 2. The van der Waals surface area contributed by atoms with Gasteiger partial charge in [0.1, 0.15) is 18.1 Å². The normalized spacial score (nSPS) is 12.5. The highest BCUT2D eigenvalue weighted by Crippen LogP contribution is 2.14. The summed E-state index contributed by atoms with van der Waals surface area (Å²) in [6.45, 7) is 6.48. The highest BCUT2D eigenvalue weighted by molar-refractivity contribution is 5.89. The van der Waals surface area contributed by atoms with E-state index in [9.17, 15) is 19.2 Å². The molecule has 35 heavy (non-hydrogen) atoms. The Morgan fingerprint density at radius 1 is 0.943 bits per heavy atom. The highest BCUT2D eigenvalue weighted by atomic mass is 16.5. The Balaban J connectivity index is 2.49. The van der Waals surface area contributed by atoms with Crippen molar-refractivity contribution in [2.45, 2.75) is 90.6 Å². The van der Waals surface area contributed by atoms with E-state index in [1.165, 1.54) is 7.11 Å². The molecule has 8 heteroatoms. The maximum atomic E-state index is 12.8. The first-order valence-electron chi connectivity index (χ1n) is 12.6. The SMILES string of the molecule is CCCCOc1ccc(CC(C=O)NC(=O)[C@@H](NC(=O)CCCCCCC(=O)OC)C(C)C)cc1. The topological polar surface area (TPSA) is 111 Å². The zero-order chi connectivity index (χ0) is 26.1. The lowest BCUT2D eigenvalue weighted by Gasteiger charge is -2.24. The van der Waals surface area contributed by atoms with Gasteiger partial charge in [0.2, 0.25) is 11.8 Å². The number of benzene rings is 1. The largest absolute Gasteiger partial charge is 0.494 e. The molecule has 0 saturated heterocycles. The monoisotopic (exact) mass is 490 g/mol. The van der Waals surface area contributed by atoms with E-state index < -0.39 is 12.1 Å². The maximum absolute atomic E-state index is 12.8. The predicted molar refractivity (Wildman–Crippen MR) is 135 cm³/mol. The molecule has 0 radical (unpaired) electrons. The number of carbonyl (C=O) groups is 4. The number of hydrogen-bond acceptors (Lipinski definition) is 6. The summed E-state index contributed by atoms with van der Waals surface area (Å²) in [4.78, 5) is 48.0. The summed E-state index contributed by atoms with van der Waals surface area (Å²) in [7, 11) is 1.37. The van der Waals surface area contributed by atoms with E-state index in [1.54, 1.807) is 0 Å². The van der Waals surface area contributed by atoms with Crippen molar-refractivity contribution in [1.82, 2.24) is 10.6 Å². The molecule has 2 N–H and O–H groups in total. The van der Waals surface area contributed by atoms with Crippen LogP contribution < -0.4 is 15.4 Å². The van der Waals surface area contributed by atoms with Crippen molar-refractivity contribution in [3.05, 3.63) is 29.8 Å². The summed E-state index contributed by atoms with van der Waals surface area (Å²) in [6.07, 6.45) is 6.88. The van der Waals surface area contributed by atoms with Crippen LogP contribution in [0.3, 0.4) is 0 Å². The molecule has 0 aliphatic carbocycles. The van der Waals surface area contributed by atoms with E-state index in [1.807, 2.05) is 38.1 Å². The lowest BCUT2D eigenvalue weighted by atomic mass is 10.0. The van der Waals surface area contributed by atoms with Crippen molar-refractivity contribution in [2.75, 3.05) is 13.7 Å². The molecule has 1 aromatic carbocycles. The number of unbranched alkanes of at least 4 members (excludes halogenated alkanes) is 4. The predicted octanol–water partition coefficient (Wildman–Crippen LogP) is 3.75. The Kier molecular flexibility index (Phi) is 15.1. The van der Waals surface area contributed by atoms with Gasteiger partial charge in [0.25, 0.3) is 0 Å². The summed E-state index contributed by atoms with van der Waals surface area (Å²) in [5.41, 5.74) is 0.905. The number of carbonyl (C=O) groups excluding carboxylic acids is 4. The Morgan fingerprint density at radius 2 is 1.60 bits per heavy atom. The first kappa shape index (κ1) is 30.1. The van der Waals surface area contributed by atoms with Crippen molar-refractivity contribution in [1.29, 1.82) is 0 Å². The zero-order valence-corrected chi connectivity index (χ0v) is 21.6. The van der Waals surface area contributed by atoms with E-state index in [0.717, 1.165) is 49.7 Å². The lowest BCUT2D eigenvalue weighted by molar-refractivity contribution is -0.140. The highest BCUT2D eigenvalue weighted by Gasteiger charge is 2.26. The van der Waals surface area contributed by atoms with Gasteiger partial charge in [-0.2, -0.15) is 0 Å². The Labute approximate surface area is 209 Å². The standard InChI is InChI=1S/C27H42N2O6/c1-5-6-17-35-23-15-13-21(14-16-23)18-22(19-30)28-27(33)26(20(2)3)29-24(31)11-9-7-8-10-12-25(32)34-4/h13-16,19-20,22,26H,5-12,17-18H2,1-4H3,(H,28,33)(H,29,31)/t22?,26-/m0/s1. The van der Waals surface area contributed by atoms with Crippen molar-refractivity contribution in [3.63, 3.8) is 0 Å².